The van der Waals surface area contributed by atoms with Crippen molar-refractivity contribution in [1.82, 2.24) is 15.0 Å². The maximum absolute atomic E-state index is 12.5. The fourth-order valence-corrected chi connectivity index (χ4v) is 3.38. The molecule has 1 amide bonds. The molecule has 1 saturated heterocycles. The molecule has 1 aromatic heterocycles. The van der Waals surface area contributed by atoms with Crippen LogP contribution in [0.1, 0.15) is 23.8 Å². The van der Waals surface area contributed by atoms with Crippen LogP contribution in [-0.2, 0) is 11.3 Å². The Morgan fingerprint density at radius 3 is 2.71 bits per heavy atom. The zero-order valence-electron chi connectivity index (χ0n) is 15.8. The fraction of sp³-hybridized carbons (Fsp3) is 0.286. The number of benzene rings is 2. The maximum atomic E-state index is 12.5. The molecular weight excluding hydrogens is 358 g/mol. The molecule has 0 saturated carbocycles. The van der Waals surface area contributed by atoms with E-state index < -0.39 is 0 Å². The van der Waals surface area contributed by atoms with Crippen LogP contribution < -0.4 is 9.47 Å². The summed E-state index contributed by atoms with van der Waals surface area (Å²) in [6.07, 6.45) is 0.356. The van der Waals surface area contributed by atoms with E-state index in [1.54, 1.807) is 19.1 Å². The van der Waals surface area contributed by atoms with Crippen LogP contribution in [0.25, 0.3) is 11.4 Å². The van der Waals surface area contributed by atoms with Crippen molar-refractivity contribution < 1.29 is 18.8 Å². The highest BCUT2D eigenvalue weighted by molar-refractivity contribution is 5.79. The van der Waals surface area contributed by atoms with E-state index >= 15 is 0 Å². The van der Waals surface area contributed by atoms with Crippen LogP contribution in [0, 0.1) is 0 Å². The van der Waals surface area contributed by atoms with Gasteiger partial charge in [0.15, 0.2) is 0 Å². The lowest BCUT2D eigenvalue weighted by Crippen LogP contribution is -2.24. The summed E-state index contributed by atoms with van der Waals surface area (Å²) in [5, 5.41) is 4.06. The smallest absolute Gasteiger partial charge is 0.232 e. The normalized spacial score (nSPS) is 16.4. The summed E-state index contributed by atoms with van der Waals surface area (Å²) < 4.78 is 16.1. The summed E-state index contributed by atoms with van der Waals surface area (Å²) >= 11 is 0. The Hall–Kier alpha value is -3.35. The molecule has 7 nitrogen and oxygen atoms in total. The van der Waals surface area contributed by atoms with Gasteiger partial charge in [0, 0.05) is 36.7 Å². The molecule has 28 heavy (non-hydrogen) atoms. The van der Waals surface area contributed by atoms with Gasteiger partial charge in [-0.3, -0.25) is 4.79 Å². The third kappa shape index (κ3) is 3.55. The van der Waals surface area contributed by atoms with E-state index in [0.29, 0.717) is 42.7 Å². The van der Waals surface area contributed by atoms with Crippen molar-refractivity contribution in [1.29, 1.82) is 0 Å². The monoisotopic (exact) mass is 379 g/mol. The number of carbonyl (C=O) groups excluding carboxylic acids is 1. The molecule has 1 aliphatic heterocycles. The molecule has 1 fully saturated rings. The molecular formula is C21H21N3O4. The predicted octanol–water partition coefficient (Wildman–Crippen LogP) is 3.27. The second-order valence-electron chi connectivity index (χ2n) is 6.68. The first-order valence-corrected chi connectivity index (χ1v) is 9.05. The van der Waals surface area contributed by atoms with Gasteiger partial charge in [-0.2, -0.15) is 4.98 Å². The largest absolute Gasteiger partial charge is 0.497 e. The Labute approximate surface area is 162 Å². The van der Waals surface area contributed by atoms with Crippen LogP contribution in [0.2, 0.25) is 0 Å². The van der Waals surface area contributed by atoms with Crippen molar-refractivity contribution in [3.05, 3.63) is 60.0 Å². The molecule has 0 spiro atoms. The summed E-state index contributed by atoms with van der Waals surface area (Å²) in [5.41, 5.74) is 1.81. The number of hydrogen-bond donors (Lipinski definition) is 0. The number of nitrogens with zero attached hydrogens (tertiary/aromatic N) is 3. The van der Waals surface area contributed by atoms with E-state index in [1.807, 2.05) is 48.5 Å². The lowest BCUT2D eigenvalue weighted by atomic mass is 10.1. The number of hydrogen-bond acceptors (Lipinski definition) is 6. The molecule has 4 rings (SSSR count). The molecule has 3 aromatic rings. The summed E-state index contributed by atoms with van der Waals surface area (Å²) in [5.74, 6) is 2.39. The van der Waals surface area contributed by atoms with Crippen molar-refractivity contribution in [3.8, 4) is 22.9 Å². The number of amides is 1. The molecule has 1 atom stereocenters. The van der Waals surface area contributed by atoms with E-state index in [1.165, 1.54) is 0 Å². The average molecular weight is 379 g/mol. The first-order valence-electron chi connectivity index (χ1n) is 9.05. The fourth-order valence-electron chi connectivity index (χ4n) is 3.38. The van der Waals surface area contributed by atoms with Crippen LogP contribution in [-0.4, -0.2) is 41.7 Å². The van der Waals surface area contributed by atoms with Crippen LogP contribution in [0.4, 0.5) is 0 Å². The van der Waals surface area contributed by atoms with Crippen molar-refractivity contribution in [2.24, 2.45) is 0 Å². The number of carbonyl (C=O) groups is 1. The lowest BCUT2D eigenvalue weighted by molar-refractivity contribution is -0.128. The summed E-state index contributed by atoms with van der Waals surface area (Å²) in [6.45, 7) is 0.993. The highest BCUT2D eigenvalue weighted by Crippen LogP contribution is 2.32. The molecule has 144 valence electrons. The minimum absolute atomic E-state index is 0.0577. The Balaban J connectivity index is 1.48. The summed E-state index contributed by atoms with van der Waals surface area (Å²) in [4.78, 5) is 18.8. The van der Waals surface area contributed by atoms with Crippen molar-refractivity contribution in [2.45, 2.75) is 18.9 Å². The SMILES string of the molecule is COc1ccc(CN2CC(c3nc(-c4ccccc4)no3)CC2=O)c(OC)c1. The first kappa shape index (κ1) is 18.0. The maximum Gasteiger partial charge on any atom is 0.232 e. The standard InChI is InChI=1S/C21H21N3O4/c1-26-17-9-8-15(18(11-17)27-2)12-24-13-16(10-19(24)25)21-22-20(23-28-21)14-6-4-3-5-7-14/h3-9,11,16H,10,12-13H2,1-2H3. The Kier molecular flexibility index (Phi) is 4.97. The molecule has 7 heteroatoms. The molecule has 2 heterocycles. The Morgan fingerprint density at radius 2 is 1.96 bits per heavy atom. The minimum Gasteiger partial charge on any atom is -0.497 e. The van der Waals surface area contributed by atoms with E-state index in [9.17, 15) is 4.79 Å². The summed E-state index contributed by atoms with van der Waals surface area (Å²) in [7, 11) is 3.22. The molecule has 0 bridgehead atoms. The van der Waals surface area contributed by atoms with Gasteiger partial charge in [-0.25, -0.2) is 0 Å². The van der Waals surface area contributed by atoms with Crippen LogP contribution >= 0.6 is 0 Å². The van der Waals surface area contributed by atoms with E-state index in [2.05, 4.69) is 10.1 Å². The second kappa shape index (κ2) is 7.72. The molecule has 2 aromatic carbocycles. The first-order chi connectivity index (χ1) is 13.7. The summed E-state index contributed by atoms with van der Waals surface area (Å²) in [6, 6.07) is 15.2. The van der Waals surface area contributed by atoms with E-state index in [4.69, 9.17) is 14.0 Å². The topological polar surface area (TPSA) is 77.7 Å². The third-order valence-electron chi connectivity index (χ3n) is 4.89. The molecule has 1 unspecified atom stereocenters. The number of rotatable bonds is 6. The van der Waals surface area contributed by atoms with Gasteiger partial charge >= 0.3 is 0 Å². The number of aromatic nitrogens is 2. The molecule has 1 aliphatic rings. The van der Waals surface area contributed by atoms with Gasteiger partial charge in [0.2, 0.25) is 17.6 Å². The van der Waals surface area contributed by atoms with Crippen molar-refractivity contribution >= 4 is 5.91 Å². The molecule has 0 N–H and O–H groups in total. The molecule has 0 aliphatic carbocycles. The molecule has 0 radical (unpaired) electrons. The zero-order chi connectivity index (χ0) is 19.5. The van der Waals surface area contributed by atoms with Gasteiger partial charge in [0.25, 0.3) is 0 Å². The highest BCUT2D eigenvalue weighted by Gasteiger charge is 2.34. The number of likely N-dealkylation sites (tertiary alicyclic amines) is 1. The van der Waals surface area contributed by atoms with E-state index in [-0.39, 0.29) is 11.8 Å². The lowest BCUT2D eigenvalue weighted by Gasteiger charge is -2.18. The van der Waals surface area contributed by atoms with Gasteiger partial charge in [0.05, 0.1) is 20.1 Å². The van der Waals surface area contributed by atoms with Gasteiger partial charge in [-0.15, -0.1) is 0 Å². The Bertz CT molecular complexity index is 971. The zero-order valence-corrected chi connectivity index (χ0v) is 15.8. The average Bonchev–Trinajstić information content (AvgIpc) is 3.36. The minimum atomic E-state index is -0.110. The van der Waals surface area contributed by atoms with E-state index in [0.717, 1.165) is 11.1 Å². The van der Waals surface area contributed by atoms with Crippen LogP contribution in [0.3, 0.4) is 0 Å². The van der Waals surface area contributed by atoms with Crippen molar-refractivity contribution in [2.75, 3.05) is 20.8 Å². The van der Waals surface area contributed by atoms with Gasteiger partial charge in [-0.05, 0) is 12.1 Å². The Morgan fingerprint density at radius 1 is 1.14 bits per heavy atom. The van der Waals surface area contributed by atoms with Gasteiger partial charge in [-0.1, -0.05) is 35.5 Å². The predicted molar refractivity (Wildman–Crippen MR) is 102 cm³/mol. The highest BCUT2D eigenvalue weighted by atomic mass is 16.5. The van der Waals surface area contributed by atoms with Crippen molar-refractivity contribution in [3.63, 3.8) is 0 Å². The number of ether oxygens (including phenoxy) is 2. The van der Waals surface area contributed by atoms with Gasteiger partial charge in [0.1, 0.15) is 11.5 Å². The quantitative estimate of drug-likeness (QED) is 0.654. The van der Waals surface area contributed by atoms with Gasteiger partial charge < -0.3 is 18.9 Å². The third-order valence-corrected chi connectivity index (χ3v) is 4.89. The second-order valence-corrected chi connectivity index (χ2v) is 6.68. The van der Waals surface area contributed by atoms with Crippen LogP contribution in [0.15, 0.2) is 53.1 Å². The van der Waals surface area contributed by atoms with Crippen LogP contribution in [0.5, 0.6) is 11.5 Å². The number of methoxy groups -OCH3 is 2.